The molecule has 0 atom stereocenters. The van der Waals surface area contributed by atoms with Crippen molar-refractivity contribution in [2.24, 2.45) is 0 Å². The van der Waals surface area contributed by atoms with Crippen molar-refractivity contribution in [3.8, 4) is 16.9 Å². The number of thiophene rings is 1. The fourth-order valence-electron chi connectivity index (χ4n) is 3.48. The number of aromatic nitrogens is 2. The van der Waals surface area contributed by atoms with Crippen LogP contribution in [0.15, 0.2) is 65.7 Å². The van der Waals surface area contributed by atoms with Crippen LogP contribution in [0.25, 0.3) is 21.3 Å². The summed E-state index contributed by atoms with van der Waals surface area (Å²) in [5.74, 6) is 0.505. The van der Waals surface area contributed by atoms with E-state index in [2.05, 4.69) is 10.3 Å². The van der Waals surface area contributed by atoms with Crippen molar-refractivity contribution in [1.29, 1.82) is 0 Å². The number of nitrogens with zero attached hydrogens (tertiary/aromatic N) is 2. The van der Waals surface area contributed by atoms with Crippen LogP contribution < -0.4 is 15.6 Å². The van der Waals surface area contributed by atoms with Gasteiger partial charge in [0, 0.05) is 10.4 Å². The zero-order valence-corrected chi connectivity index (χ0v) is 18.2. The number of nitrogens with one attached hydrogen (secondary N) is 1. The summed E-state index contributed by atoms with van der Waals surface area (Å²) >= 11 is 1.49. The van der Waals surface area contributed by atoms with Crippen molar-refractivity contribution in [3.05, 3.63) is 81.7 Å². The first-order valence-corrected chi connectivity index (χ1v) is 10.8. The first kappa shape index (κ1) is 20.8. The smallest absolute Gasteiger partial charge is 0.263 e. The Kier molecular flexibility index (Phi) is 6.13. The van der Waals surface area contributed by atoms with Crippen LogP contribution in [-0.4, -0.2) is 28.6 Å². The Balaban J connectivity index is 1.45. The van der Waals surface area contributed by atoms with Crippen LogP contribution in [-0.2, 0) is 11.3 Å². The van der Waals surface area contributed by atoms with Gasteiger partial charge in [0.15, 0.2) is 0 Å². The fourth-order valence-corrected chi connectivity index (χ4v) is 4.48. The van der Waals surface area contributed by atoms with Gasteiger partial charge in [0.05, 0.1) is 18.3 Å². The highest BCUT2D eigenvalue weighted by Crippen LogP contribution is 2.35. The van der Waals surface area contributed by atoms with E-state index in [0.717, 1.165) is 27.3 Å². The largest absolute Gasteiger partial charge is 0.492 e. The minimum Gasteiger partial charge on any atom is -0.492 e. The molecular weight excluding hydrogens is 410 g/mol. The molecule has 0 saturated heterocycles. The Hall–Kier alpha value is -3.45. The van der Waals surface area contributed by atoms with Gasteiger partial charge in [-0.25, -0.2) is 4.98 Å². The summed E-state index contributed by atoms with van der Waals surface area (Å²) in [4.78, 5) is 31.7. The number of aryl methyl sites for hydroxylation is 2. The molecule has 0 spiro atoms. The van der Waals surface area contributed by atoms with Gasteiger partial charge in [-0.2, -0.15) is 0 Å². The number of amides is 1. The number of ether oxygens (including phenoxy) is 1. The van der Waals surface area contributed by atoms with Gasteiger partial charge in [0.25, 0.3) is 5.56 Å². The van der Waals surface area contributed by atoms with Crippen LogP contribution in [0.2, 0.25) is 0 Å². The van der Waals surface area contributed by atoms with E-state index in [1.54, 1.807) is 0 Å². The molecule has 1 amide bonds. The molecule has 2 aromatic carbocycles. The first-order chi connectivity index (χ1) is 15.0. The van der Waals surface area contributed by atoms with Crippen molar-refractivity contribution < 1.29 is 9.53 Å². The van der Waals surface area contributed by atoms with E-state index in [9.17, 15) is 9.59 Å². The van der Waals surface area contributed by atoms with Gasteiger partial charge in [0.1, 0.15) is 23.7 Å². The van der Waals surface area contributed by atoms with E-state index in [0.29, 0.717) is 23.4 Å². The van der Waals surface area contributed by atoms with Crippen molar-refractivity contribution in [2.45, 2.75) is 20.4 Å². The molecule has 158 valence electrons. The second-order valence-corrected chi connectivity index (χ2v) is 8.48. The Morgan fingerprint density at radius 1 is 1.13 bits per heavy atom. The third-order valence-corrected chi connectivity index (χ3v) is 5.93. The van der Waals surface area contributed by atoms with E-state index < -0.39 is 0 Å². The van der Waals surface area contributed by atoms with Crippen molar-refractivity contribution in [3.63, 3.8) is 0 Å². The average Bonchev–Trinajstić information content (AvgIpc) is 3.11. The summed E-state index contributed by atoms with van der Waals surface area (Å²) in [6.07, 6.45) is 1.44. The highest BCUT2D eigenvalue weighted by Gasteiger charge is 2.17. The summed E-state index contributed by atoms with van der Waals surface area (Å²) in [7, 11) is 0. The molecule has 0 fully saturated rings. The second kappa shape index (κ2) is 9.14. The van der Waals surface area contributed by atoms with Crippen molar-refractivity contribution >= 4 is 27.5 Å². The van der Waals surface area contributed by atoms with E-state index in [1.165, 1.54) is 22.2 Å². The van der Waals surface area contributed by atoms with E-state index >= 15 is 0 Å². The number of fused-ring (bicyclic) bond motifs is 1. The molecule has 1 N–H and O–H groups in total. The van der Waals surface area contributed by atoms with Gasteiger partial charge < -0.3 is 10.1 Å². The van der Waals surface area contributed by atoms with E-state index in [1.807, 2.05) is 68.4 Å². The monoisotopic (exact) mass is 433 g/mol. The van der Waals surface area contributed by atoms with Crippen LogP contribution >= 0.6 is 11.3 Å². The molecule has 0 saturated carbocycles. The topological polar surface area (TPSA) is 73.2 Å². The normalized spacial score (nSPS) is 10.9. The fraction of sp³-hybridized carbons (Fsp3) is 0.208. The zero-order valence-electron chi connectivity index (χ0n) is 17.4. The maximum Gasteiger partial charge on any atom is 0.263 e. The Bertz CT molecular complexity index is 1280. The van der Waals surface area contributed by atoms with Crippen molar-refractivity contribution in [1.82, 2.24) is 14.9 Å². The minimum absolute atomic E-state index is 0.0880. The average molecular weight is 434 g/mol. The number of hydrogen-bond acceptors (Lipinski definition) is 5. The molecule has 4 aromatic rings. The molecular formula is C24H23N3O3S. The maximum absolute atomic E-state index is 13.1. The molecule has 0 aliphatic rings. The van der Waals surface area contributed by atoms with Crippen molar-refractivity contribution in [2.75, 3.05) is 13.2 Å². The maximum atomic E-state index is 13.1. The molecule has 6 nitrogen and oxygen atoms in total. The third-order valence-electron chi connectivity index (χ3n) is 4.91. The number of benzene rings is 2. The lowest BCUT2D eigenvalue weighted by atomic mass is 10.0. The molecule has 7 heteroatoms. The molecule has 2 aromatic heterocycles. The highest BCUT2D eigenvalue weighted by atomic mass is 32.1. The van der Waals surface area contributed by atoms with Crippen LogP contribution in [0.3, 0.4) is 0 Å². The minimum atomic E-state index is -0.260. The lowest BCUT2D eigenvalue weighted by Crippen LogP contribution is -2.34. The summed E-state index contributed by atoms with van der Waals surface area (Å²) in [5, 5.41) is 3.36. The van der Waals surface area contributed by atoms with Crippen LogP contribution in [0, 0.1) is 13.8 Å². The zero-order chi connectivity index (χ0) is 21.8. The quantitative estimate of drug-likeness (QED) is 0.448. The standard InChI is InChI=1S/C24H23N3O3S/c1-16-7-6-10-19(13-16)30-12-11-25-20(28)14-27-15-26-23-22(24(27)29)21(17(2)31-23)18-8-4-3-5-9-18/h3-10,13,15H,11-12,14H2,1-2H3,(H,25,28). The molecule has 0 unspecified atom stereocenters. The molecule has 4 rings (SSSR count). The Morgan fingerprint density at radius 2 is 1.94 bits per heavy atom. The SMILES string of the molecule is Cc1cccc(OCCNC(=O)Cn2cnc3sc(C)c(-c4ccccc4)c3c2=O)c1. The Morgan fingerprint density at radius 3 is 2.71 bits per heavy atom. The van der Waals surface area contributed by atoms with E-state index in [4.69, 9.17) is 4.74 Å². The highest BCUT2D eigenvalue weighted by molar-refractivity contribution is 7.19. The van der Waals surface area contributed by atoms with E-state index in [-0.39, 0.29) is 18.0 Å². The number of hydrogen-bond donors (Lipinski definition) is 1. The van der Waals surface area contributed by atoms with Gasteiger partial charge in [-0.15, -0.1) is 11.3 Å². The molecule has 0 radical (unpaired) electrons. The lowest BCUT2D eigenvalue weighted by Gasteiger charge is -2.09. The number of carbonyl (C=O) groups excluding carboxylic acids is 1. The lowest BCUT2D eigenvalue weighted by molar-refractivity contribution is -0.121. The van der Waals surface area contributed by atoms with Gasteiger partial charge >= 0.3 is 0 Å². The second-order valence-electron chi connectivity index (χ2n) is 7.27. The molecule has 0 bridgehead atoms. The predicted molar refractivity (Wildman–Crippen MR) is 124 cm³/mol. The van der Waals surface area contributed by atoms with Gasteiger partial charge in [-0.3, -0.25) is 14.2 Å². The molecule has 0 aliphatic heterocycles. The summed E-state index contributed by atoms with van der Waals surface area (Å²) in [6, 6.07) is 17.5. The Labute approximate surface area is 184 Å². The molecule has 31 heavy (non-hydrogen) atoms. The first-order valence-electron chi connectivity index (χ1n) is 10.0. The van der Waals surface area contributed by atoms with Crippen LogP contribution in [0.1, 0.15) is 10.4 Å². The predicted octanol–water partition coefficient (Wildman–Crippen LogP) is 3.94. The third kappa shape index (κ3) is 4.67. The number of rotatable bonds is 7. The molecule has 2 heterocycles. The van der Waals surface area contributed by atoms with Crippen LogP contribution in [0.5, 0.6) is 5.75 Å². The number of carbonyl (C=O) groups is 1. The van der Waals surface area contributed by atoms with Crippen LogP contribution in [0.4, 0.5) is 0 Å². The summed E-state index contributed by atoms with van der Waals surface area (Å²) < 4.78 is 7.00. The summed E-state index contributed by atoms with van der Waals surface area (Å²) in [6.45, 7) is 4.59. The van der Waals surface area contributed by atoms with Gasteiger partial charge in [0.2, 0.25) is 5.91 Å². The van der Waals surface area contributed by atoms with Gasteiger partial charge in [-0.05, 0) is 37.1 Å². The summed E-state index contributed by atoms with van der Waals surface area (Å²) in [5.41, 5.74) is 2.77. The molecule has 0 aliphatic carbocycles. The van der Waals surface area contributed by atoms with Gasteiger partial charge in [-0.1, -0.05) is 42.5 Å².